The highest BCUT2D eigenvalue weighted by atomic mass is 16.5. The van der Waals surface area contributed by atoms with Crippen molar-refractivity contribution in [3.63, 3.8) is 0 Å². The van der Waals surface area contributed by atoms with Gasteiger partial charge in [-0.3, -0.25) is 0 Å². The normalized spacial score (nSPS) is 29.0. The highest BCUT2D eigenvalue weighted by Crippen LogP contribution is 2.25. The minimum atomic E-state index is 0.188. The van der Waals surface area contributed by atoms with Crippen LogP contribution in [0.5, 0.6) is 0 Å². The fourth-order valence-electron chi connectivity index (χ4n) is 1.68. The third-order valence-corrected chi connectivity index (χ3v) is 2.42. The highest BCUT2D eigenvalue weighted by Gasteiger charge is 2.24. The molecule has 0 radical (unpaired) electrons. The van der Waals surface area contributed by atoms with Crippen molar-refractivity contribution in [2.45, 2.75) is 25.8 Å². The third kappa shape index (κ3) is 1.80. The van der Waals surface area contributed by atoms with Crippen molar-refractivity contribution in [3.8, 4) is 0 Å². The van der Waals surface area contributed by atoms with E-state index in [-0.39, 0.29) is 12.0 Å². The predicted molar refractivity (Wildman–Crippen MR) is 47.9 cm³/mol. The van der Waals surface area contributed by atoms with Crippen LogP contribution in [0.2, 0.25) is 0 Å². The molecule has 1 fully saturated rings. The number of nitrogens with zero attached hydrogens (tertiary/aromatic N) is 2. The molecular weight excluding hydrogens is 168 g/mol. The van der Waals surface area contributed by atoms with Gasteiger partial charge in [-0.2, -0.15) is 4.98 Å². The van der Waals surface area contributed by atoms with Gasteiger partial charge >= 0.3 is 0 Å². The van der Waals surface area contributed by atoms with Gasteiger partial charge < -0.3 is 15.6 Å². The molecule has 2 atom stereocenters. The largest absolute Gasteiger partial charge is 0.365 e. The number of rotatable bonds is 1. The van der Waals surface area contributed by atoms with Gasteiger partial charge in [0.2, 0.25) is 5.89 Å². The first kappa shape index (κ1) is 8.50. The van der Waals surface area contributed by atoms with Crippen molar-refractivity contribution in [2.24, 2.45) is 5.92 Å². The monoisotopic (exact) mass is 182 g/mol. The molecule has 1 aromatic rings. The Bertz CT molecular complexity index is 285. The van der Waals surface area contributed by atoms with Crippen LogP contribution in [0, 0.1) is 5.92 Å². The smallest absolute Gasteiger partial charge is 0.260 e. The van der Waals surface area contributed by atoms with E-state index in [2.05, 4.69) is 22.4 Å². The Morgan fingerprint density at radius 2 is 2.46 bits per heavy atom. The van der Waals surface area contributed by atoms with Gasteiger partial charge in [0.05, 0.1) is 6.04 Å². The number of piperidine rings is 1. The molecule has 2 heterocycles. The fourth-order valence-corrected chi connectivity index (χ4v) is 1.68. The van der Waals surface area contributed by atoms with Crippen LogP contribution in [0.25, 0.3) is 0 Å². The number of aromatic nitrogens is 2. The summed E-state index contributed by atoms with van der Waals surface area (Å²) < 4.78 is 5.00. The summed E-state index contributed by atoms with van der Waals surface area (Å²) >= 11 is 0. The fraction of sp³-hybridized carbons (Fsp3) is 0.750. The number of nitrogens with two attached hydrogens (primary N) is 1. The van der Waals surface area contributed by atoms with Crippen molar-refractivity contribution < 1.29 is 4.52 Å². The minimum Gasteiger partial charge on any atom is -0.365 e. The molecule has 1 saturated heterocycles. The summed E-state index contributed by atoms with van der Waals surface area (Å²) in [5, 5.41) is 6.90. The Morgan fingerprint density at radius 3 is 3.08 bits per heavy atom. The number of hydrogen-bond acceptors (Lipinski definition) is 5. The van der Waals surface area contributed by atoms with Crippen molar-refractivity contribution in [1.82, 2.24) is 15.5 Å². The molecule has 0 aliphatic carbocycles. The molecule has 0 amide bonds. The Hall–Kier alpha value is -1.10. The second-order valence-electron chi connectivity index (χ2n) is 3.63. The van der Waals surface area contributed by atoms with Gasteiger partial charge in [-0.25, -0.2) is 0 Å². The lowest BCUT2D eigenvalue weighted by molar-refractivity contribution is 0.260. The van der Waals surface area contributed by atoms with Crippen LogP contribution in [-0.2, 0) is 0 Å². The molecule has 0 aromatic carbocycles. The van der Waals surface area contributed by atoms with Crippen LogP contribution in [-0.4, -0.2) is 16.7 Å². The van der Waals surface area contributed by atoms with Crippen LogP contribution in [0.15, 0.2) is 4.52 Å². The molecule has 0 bridgehead atoms. The zero-order valence-corrected chi connectivity index (χ0v) is 7.66. The average molecular weight is 182 g/mol. The molecule has 0 saturated carbocycles. The Kier molecular flexibility index (Phi) is 2.18. The maximum absolute atomic E-state index is 5.38. The number of hydrogen-bond donors (Lipinski definition) is 2. The van der Waals surface area contributed by atoms with Crippen molar-refractivity contribution in [1.29, 1.82) is 0 Å². The molecule has 3 N–H and O–H groups in total. The van der Waals surface area contributed by atoms with Crippen molar-refractivity contribution >= 4 is 5.95 Å². The third-order valence-electron chi connectivity index (χ3n) is 2.42. The molecule has 0 unspecified atom stereocenters. The standard InChI is InChI=1S/C8H14N4O/c1-5-2-3-10-6(4-5)7-11-8(9)12-13-7/h5-6,10H,2-4H2,1H3,(H2,9,12)/t5-,6-/m1/s1. The summed E-state index contributed by atoms with van der Waals surface area (Å²) in [5.74, 6) is 1.54. The van der Waals surface area contributed by atoms with Gasteiger partial charge in [0, 0.05) is 0 Å². The van der Waals surface area contributed by atoms with E-state index in [1.165, 1.54) is 6.42 Å². The zero-order valence-electron chi connectivity index (χ0n) is 7.66. The van der Waals surface area contributed by atoms with E-state index in [1.807, 2.05) is 0 Å². The first-order valence-corrected chi connectivity index (χ1v) is 4.58. The van der Waals surface area contributed by atoms with Gasteiger partial charge in [-0.1, -0.05) is 6.92 Å². The van der Waals surface area contributed by atoms with E-state index < -0.39 is 0 Å². The van der Waals surface area contributed by atoms with Crippen LogP contribution < -0.4 is 11.1 Å². The summed E-state index contributed by atoms with van der Waals surface area (Å²) in [6.07, 6.45) is 2.25. The summed E-state index contributed by atoms with van der Waals surface area (Å²) in [6.45, 7) is 3.24. The van der Waals surface area contributed by atoms with E-state index in [9.17, 15) is 0 Å². The molecule has 72 valence electrons. The summed E-state index contributed by atoms with van der Waals surface area (Å²) in [4.78, 5) is 4.01. The quantitative estimate of drug-likeness (QED) is 0.669. The van der Waals surface area contributed by atoms with Crippen LogP contribution in [0.1, 0.15) is 31.7 Å². The van der Waals surface area contributed by atoms with Crippen LogP contribution in [0.3, 0.4) is 0 Å². The maximum Gasteiger partial charge on any atom is 0.260 e. The lowest BCUT2D eigenvalue weighted by Gasteiger charge is -2.25. The molecule has 2 rings (SSSR count). The zero-order chi connectivity index (χ0) is 9.26. The summed E-state index contributed by atoms with van der Waals surface area (Å²) in [6, 6.07) is 0.188. The van der Waals surface area contributed by atoms with E-state index in [0.717, 1.165) is 13.0 Å². The topological polar surface area (TPSA) is 77.0 Å². The minimum absolute atomic E-state index is 0.188. The number of anilines is 1. The van der Waals surface area contributed by atoms with E-state index in [1.54, 1.807) is 0 Å². The predicted octanol–water partition coefficient (Wildman–Crippen LogP) is 0.712. The Labute approximate surface area is 76.7 Å². The summed E-state index contributed by atoms with van der Waals surface area (Å²) in [7, 11) is 0. The SMILES string of the molecule is C[C@@H]1CCN[C@@H](c2nc(N)no2)C1. The molecule has 0 spiro atoms. The Balaban J connectivity index is 2.08. The molecule has 1 aliphatic rings. The van der Waals surface area contributed by atoms with E-state index in [0.29, 0.717) is 11.8 Å². The first-order valence-electron chi connectivity index (χ1n) is 4.58. The van der Waals surface area contributed by atoms with Gasteiger partial charge in [-0.05, 0) is 30.5 Å². The lowest BCUT2D eigenvalue weighted by Crippen LogP contribution is -2.30. The molecule has 5 nitrogen and oxygen atoms in total. The van der Waals surface area contributed by atoms with Gasteiger partial charge in [0.1, 0.15) is 0 Å². The maximum atomic E-state index is 5.38. The highest BCUT2D eigenvalue weighted by molar-refractivity contribution is 5.12. The second-order valence-corrected chi connectivity index (χ2v) is 3.63. The molecule has 1 aliphatic heterocycles. The molecule has 13 heavy (non-hydrogen) atoms. The molecule has 1 aromatic heterocycles. The van der Waals surface area contributed by atoms with Crippen molar-refractivity contribution in [2.75, 3.05) is 12.3 Å². The summed E-state index contributed by atoms with van der Waals surface area (Å²) in [5.41, 5.74) is 5.38. The van der Waals surface area contributed by atoms with Crippen LogP contribution >= 0.6 is 0 Å². The number of nitrogens with one attached hydrogen (secondary N) is 1. The lowest BCUT2D eigenvalue weighted by atomic mass is 9.94. The van der Waals surface area contributed by atoms with Gasteiger partial charge in [0.25, 0.3) is 5.95 Å². The van der Waals surface area contributed by atoms with Gasteiger partial charge in [-0.15, -0.1) is 0 Å². The van der Waals surface area contributed by atoms with Crippen LogP contribution in [0.4, 0.5) is 5.95 Å². The van der Waals surface area contributed by atoms with E-state index >= 15 is 0 Å². The Morgan fingerprint density at radius 1 is 1.62 bits per heavy atom. The average Bonchev–Trinajstić information content (AvgIpc) is 2.52. The van der Waals surface area contributed by atoms with Gasteiger partial charge in [0.15, 0.2) is 0 Å². The van der Waals surface area contributed by atoms with Crippen molar-refractivity contribution in [3.05, 3.63) is 5.89 Å². The number of nitrogen functional groups attached to an aromatic ring is 1. The molecule has 5 heteroatoms. The molecular formula is C8H14N4O. The second kappa shape index (κ2) is 3.33. The first-order chi connectivity index (χ1) is 6.25. The van der Waals surface area contributed by atoms with E-state index in [4.69, 9.17) is 10.3 Å².